The Morgan fingerprint density at radius 1 is 0.862 bits per heavy atom. The highest BCUT2D eigenvalue weighted by Crippen LogP contribution is 2.16. The minimum absolute atomic E-state index is 0.241. The van der Waals surface area contributed by atoms with Gasteiger partial charge in [-0.2, -0.15) is 0 Å². The molecule has 152 valence electrons. The number of benzene rings is 2. The smallest absolute Gasteiger partial charge is 0.223 e. The van der Waals surface area contributed by atoms with E-state index in [-0.39, 0.29) is 5.91 Å². The van der Waals surface area contributed by atoms with Crippen molar-refractivity contribution in [3.05, 3.63) is 95.3 Å². The van der Waals surface area contributed by atoms with E-state index >= 15 is 0 Å². The van der Waals surface area contributed by atoms with Crippen LogP contribution in [-0.2, 0) is 24.4 Å². The number of aryl methyl sites for hydroxylation is 1. The van der Waals surface area contributed by atoms with Crippen LogP contribution in [0.3, 0.4) is 0 Å². The van der Waals surface area contributed by atoms with E-state index < -0.39 is 0 Å². The van der Waals surface area contributed by atoms with Crippen LogP contribution < -0.4 is 0 Å². The summed E-state index contributed by atoms with van der Waals surface area (Å²) in [4.78, 5) is 15.0. The van der Waals surface area contributed by atoms with E-state index in [1.54, 1.807) is 0 Å². The number of nitrogens with zero attached hydrogens (tertiary/aromatic N) is 2. The molecule has 0 aliphatic heterocycles. The van der Waals surface area contributed by atoms with Gasteiger partial charge in [-0.3, -0.25) is 4.79 Å². The predicted octanol–water partition coefficient (Wildman–Crippen LogP) is 5.95. The molecule has 3 heteroatoms. The lowest BCUT2D eigenvalue weighted by Crippen LogP contribution is -2.30. The van der Waals surface area contributed by atoms with Gasteiger partial charge >= 0.3 is 0 Å². The van der Waals surface area contributed by atoms with Gasteiger partial charge in [-0.05, 0) is 36.6 Å². The molecule has 0 unspecified atom stereocenters. The normalized spacial score (nSPS) is 10.8. The first kappa shape index (κ1) is 20.9. The molecule has 0 aliphatic rings. The summed E-state index contributed by atoms with van der Waals surface area (Å²) < 4.78 is 2.25. The molecule has 29 heavy (non-hydrogen) atoms. The Morgan fingerprint density at radius 3 is 2.34 bits per heavy atom. The maximum absolute atomic E-state index is 13.0. The highest BCUT2D eigenvalue weighted by Gasteiger charge is 2.16. The number of carbonyl (C=O) groups is 1. The van der Waals surface area contributed by atoms with Crippen LogP contribution in [0.4, 0.5) is 0 Å². The van der Waals surface area contributed by atoms with Gasteiger partial charge in [0.2, 0.25) is 5.91 Å². The first-order valence-corrected chi connectivity index (χ1v) is 10.7. The fourth-order valence-electron chi connectivity index (χ4n) is 3.55. The van der Waals surface area contributed by atoms with Gasteiger partial charge in [-0.1, -0.05) is 79.9 Å². The van der Waals surface area contributed by atoms with Crippen molar-refractivity contribution >= 4 is 5.91 Å². The van der Waals surface area contributed by atoms with Gasteiger partial charge in [0, 0.05) is 31.4 Å². The number of rotatable bonds is 10. The lowest BCUT2D eigenvalue weighted by molar-refractivity contribution is -0.132. The largest absolute Gasteiger partial charge is 0.345 e. The number of carbonyl (C=O) groups excluding carboxylic acids is 1. The zero-order chi connectivity index (χ0) is 20.5. The highest BCUT2D eigenvalue weighted by atomic mass is 16.2. The van der Waals surface area contributed by atoms with Crippen LogP contribution >= 0.6 is 0 Å². The second-order valence-electron chi connectivity index (χ2n) is 7.81. The second kappa shape index (κ2) is 10.7. The summed E-state index contributed by atoms with van der Waals surface area (Å²) in [5, 5.41) is 0. The van der Waals surface area contributed by atoms with E-state index in [4.69, 9.17) is 0 Å². The number of hydrogen-bond donors (Lipinski definition) is 0. The first-order valence-electron chi connectivity index (χ1n) is 10.7. The summed E-state index contributed by atoms with van der Waals surface area (Å²) in [5.74, 6) is 0.241. The average molecular weight is 389 g/mol. The molecule has 0 spiro atoms. The summed E-state index contributed by atoms with van der Waals surface area (Å²) in [5.41, 5.74) is 4.89. The molecule has 1 heterocycles. The van der Waals surface area contributed by atoms with Crippen LogP contribution in [0.1, 0.15) is 55.0 Å². The predicted molar refractivity (Wildman–Crippen MR) is 120 cm³/mol. The number of aromatic nitrogens is 1. The Labute approximate surface area is 175 Å². The van der Waals surface area contributed by atoms with Crippen molar-refractivity contribution < 1.29 is 4.79 Å². The Hall–Kier alpha value is -2.81. The highest BCUT2D eigenvalue weighted by molar-refractivity contribution is 5.76. The van der Waals surface area contributed by atoms with Gasteiger partial charge in [-0.15, -0.1) is 0 Å². The minimum atomic E-state index is 0.241. The van der Waals surface area contributed by atoms with Crippen molar-refractivity contribution in [2.75, 3.05) is 0 Å². The van der Waals surface area contributed by atoms with Crippen LogP contribution in [0.2, 0.25) is 0 Å². The zero-order valence-corrected chi connectivity index (χ0v) is 17.7. The molecule has 3 aromatic rings. The van der Waals surface area contributed by atoms with Gasteiger partial charge in [0.25, 0.3) is 0 Å². The first-order chi connectivity index (χ1) is 14.2. The third-order valence-corrected chi connectivity index (χ3v) is 5.31. The van der Waals surface area contributed by atoms with Crippen LogP contribution in [0.5, 0.6) is 0 Å². The maximum Gasteiger partial charge on any atom is 0.223 e. The lowest BCUT2D eigenvalue weighted by atomic mass is 10.1. The minimum Gasteiger partial charge on any atom is -0.345 e. The SMILES string of the molecule is CCCCCC(=O)N(Cc1ccccc1)Cc1cccn1Cc1ccc(C)cc1. The van der Waals surface area contributed by atoms with Crippen molar-refractivity contribution in [1.29, 1.82) is 0 Å². The molecule has 0 fully saturated rings. The van der Waals surface area contributed by atoms with E-state index in [0.717, 1.165) is 25.8 Å². The van der Waals surface area contributed by atoms with E-state index in [9.17, 15) is 4.79 Å². The molecule has 0 atom stereocenters. The van der Waals surface area contributed by atoms with Crippen molar-refractivity contribution in [3.63, 3.8) is 0 Å². The summed E-state index contributed by atoms with van der Waals surface area (Å²) in [7, 11) is 0. The zero-order valence-electron chi connectivity index (χ0n) is 17.7. The molecule has 1 aromatic heterocycles. The van der Waals surface area contributed by atoms with Gasteiger partial charge in [0.15, 0.2) is 0 Å². The molecule has 0 radical (unpaired) electrons. The van der Waals surface area contributed by atoms with Crippen molar-refractivity contribution in [2.24, 2.45) is 0 Å². The average Bonchev–Trinajstić information content (AvgIpc) is 3.16. The van der Waals surface area contributed by atoms with Crippen molar-refractivity contribution in [1.82, 2.24) is 9.47 Å². The maximum atomic E-state index is 13.0. The van der Waals surface area contributed by atoms with Gasteiger partial charge in [0.05, 0.1) is 6.54 Å². The van der Waals surface area contributed by atoms with E-state index in [2.05, 4.69) is 73.1 Å². The molecular formula is C26H32N2O. The lowest BCUT2D eigenvalue weighted by Gasteiger charge is -2.24. The second-order valence-corrected chi connectivity index (χ2v) is 7.81. The van der Waals surface area contributed by atoms with Gasteiger partial charge in [0.1, 0.15) is 0 Å². The van der Waals surface area contributed by atoms with Crippen LogP contribution in [-0.4, -0.2) is 15.4 Å². The molecule has 0 N–H and O–H groups in total. The molecular weight excluding hydrogens is 356 g/mol. The molecule has 1 amide bonds. The molecule has 2 aromatic carbocycles. The van der Waals surface area contributed by atoms with Crippen molar-refractivity contribution in [2.45, 2.75) is 59.2 Å². The van der Waals surface area contributed by atoms with Crippen LogP contribution in [0.25, 0.3) is 0 Å². The summed E-state index contributed by atoms with van der Waals surface area (Å²) in [6.45, 7) is 6.40. The monoisotopic (exact) mass is 388 g/mol. The number of amides is 1. The van der Waals surface area contributed by atoms with Crippen LogP contribution in [0.15, 0.2) is 72.9 Å². The third kappa shape index (κ3) is 6.35. The summed E-state index contributed by atoms with van der Waals surface area (Å²) in [6.07, 6.45) is 5.93. The molecule has 0 aliphatic carbocycles. The van der Waals surface area contributed by atoms with Crippen LogP contribution in [0, 0.1) is 6.92 Å². The Morgan fingerprint density at radius 2 is 1.62 bits per heavy atom. The number of unbranched alkanes of at least 4 members (excludes halogenated alkanes) is 2. The van der Waals surface area contributed by atoms with E-state index in [0.29, 0.717) is 19.5 Å². The fraction of sp³-hybridized carbons (Fsp3) is 0.346. The van der Waals surface area contributed by atoms with E-state index in [1.807, 2.05) is 23.1 Å². The Balaban J connectivity index is 1.73. The quantitative estimate of drug-likeness (QED) is 0.394. The van der Waals surface area contributed by atoms with Gasteiger partial charge in [-0.25, -0.2) is 0 Å². The number of hydrogen-bond acceptors (Lipinski definition) is 1. The molecule has 0 saturated carbocycles. The van der Waals surface area contributed by atoms with E-state index in [1.165, 1.54) is 22.4 Å². The fourth-order valence-corrected chi connectivity index (χ4v) is 3.55. The molecule has 0 bridgehead atoms. The Kier molecular flexibility index (Phi) is 7.69. The Bertz CT molecular complexity index is 881. The molecule has 3 nitrogen and oxygen atoms in total. The summed E-state index contributed by atoms with van der Waals surface area (Å²) in [6, 6.07) is 23.1. The topological polar surface area (TPSA) is 25.2 Å². The van der Waals surface area contributed by atoms with Crippen molar-refractivity contribution in [3.8, 4) is 0 Å². The molecule has 3 rings (SSSR count). The standard InChI is InChI=1S/C26H32N2O/c1-3-4-6-13-26(29)28(20-23-10-7-5-8-11-23)21-25-12-9-18-27(25)19-24-16-14-22(2)15-17-24/h5,7-12,14-18H,3-4,6,13,19-21H2,1-2H3. The van der Waals surface area contributed by atoms with Gasteiger partial charge < -0.3 is 9.47 Å². The summed E-state index contributed by atoms with van der Waals surface area (Å²) >= 11 is 0. The third-order valence-electron chi connectivity index (χ3n) is 5.31. The molecule has 0 saturated heterocycles.